The predicted molar refractivity (Wildman–Crippen MR) is 128 cm³/mol. The standard InChI is InChI=1S/C26H17N3O4S/c30-25-21-8-4-5-9-22(21)26(31)24-16-20(14-15-23(24)25)34(32,33)29-19-12-10-18(11-13-19)28-27-17-6-2-1-3-7-17/h1-16,29H. The fourth-order valence-electron chi connectivity index (χ4n) is 3.67. The van der Waals surface area contributed by atoms with Crippen molar-refractivity contribution in [3.63, 3.8) is 0 Å². The van der Waals surface area contributed by atoms with E-state index in [1.165, 1.54) is 18.2 Å². The zero-order valence-corrected chi connectivity index (χ0v) is 18.5. The second kappa shape index (κ2) is 8.49. The second-order valence-corrected chi connectivity index (χ2v) is 9.28. The summed E-state index contributed by atoms with van der Waals surface area (Å²) in [6.45, 7) is 0. The lowest BCUT2D eigenvalue weighted by molar-refractivity contribution is 0.0979. The summed E-state index contributed by atoms with van der Waals surface area (Å²) < 4.78 is 28.4. The Bertz CT molecular complexity index is 1560. The number of ketones is 2. The molecule has 0 fully saturated rings. The van der Waals surface area contributed by atoms with Crippen LogP contribution in [0.3, 0.4) is 0 Å². The zero-order chi connectivity index (χ0) is 23.7. The van der Waals surface area contributed by atoms with Gasteiger partial charge in [0.25, 0.3) is 10.0 Å². The number of carbonyl (C=O) groups excluding carboxylic acids is 2. The molecule has 0 unspecified atom stereocenters. The van der Waals surface area contributed by atoms with Gasteiger partial charge in [-0.3, -0.25) is 14.3 Å². The summed E-state index contributed by atoms with van der Waals surface area (Å²) in [5.74, 6) is -0.683. The van der Waals surface area contributed by atoms with Crippen LogP contribution in [0, 0.1) is 0 Å². The van der Waals surface area contributed by atoms with Gasteiger partial charge in [-0.2, -0.15) is 10.2 Å². The normalized spacial score (nSPS) is 12.9. The number of rotatable bonds is 5. The first kappa shape index (κ1) is 21.4. The van der Waals surface area contributed by atoms with Crippen molar-refractivity contribution in [2.45, 2.75) is 4.90 Å². The van der Waals surface area contributed by atoms with E-state index in [1.807, 2.05) is 30.3 Å². The van der Waals surface area contributed by atoms with Crippen LogP contribution < -0.4 is 4.72 Å². The Hall–Kier alpha value is -4.43. The number of nitrogens with zero attached hydrogens (tertiary/aromatic N) is 2. The molecule has 1 N–H and O–H groups in total. The molecule has 5 rings (SSSR count). The monoisotopic (exact) mass is 467 g/mol. The van der Waals surface area contributed by atoms with Crippen molar-refractivity contribution in [1.82, 2.24) is 0 Å². The van der Waals surface area contributed by atoms with Crippen molar-refractivity contribution in [1.29, 1.82) is 0 Å². The minimum atomic E-state index is -4.00. The van der Waals surface area contributed by atoms with Crippen molar-refractivity contribution in [3.8, 4) is 0 Å². The molecule has 0 spiro atoms. The van der Waals surface area contributed by atoms with Gasteiger partial charge in [-0.1, -0.05) is 42.5 Å². The molecule has 0 amide bonds. The molecule has 166 valence electrons. The fraction of sp³-hybridized carbons (Fsp3) is 0. The molecular formula is C26H17N3O4S. The van der Waals surface area contributed by atoms with Gasteiger partial charge in [-0.15, -0.1) is 0 Å². The van der Waals surface area contributed by atoms with E-state index in [-0.39, 0.29) is 33.2 Å². The number of nitrogens with one attached hydrogen (secondary N) is 1. The van der Waals surface area contributed by atoms with E-state index in [9.17, 15) is 18.0 Å². The molecule has 0 saturated heterocycles. The topological polar surface area (TPSA) is 105 Å². The second-order valence-electron chi connectivity index (χ2n) is 7.60. The minimum absolute atomic E-state index is 0.0725. The van der Waals surface area contributed by atoms with Crippen LogP contribution in [0.4, 0.5) is 17.1 Å². The molecule has 0 heterocycles. The van der Waals surface area contributed by atoms with Crippen LogP contribution in [0.15, 0.2) is 112 Å². The lowest BCUT2D eigenvalue weighted by Crippen LogP contribution is -2.22. The molecule has 0 aromatic heterocycles. The van der Waals surface area contributed by atoms with Crippen LogP contribution in [0.2, 0.25) is 0 Å². The summed E-state index contributed by atoms with van der Waals surface area (Å²) in [7, 11) is -4.00. The van der Waals surface area contributed by atoms with Gasteiger partial charge in [0.15, 0.2) is 11.6 Å². The highest BCUT2D eigenvalue weighted by molar-refractivity contribution is 7.92. The quantitative estimate of drug-likeness (QED) is 0.336. The highest BCUT2D eigenvalue weighted by atomic mass is 32.2. The first-order chi connectivity index (χ1) is 16.4. The third kappa shape index (κ3) is 4.02. The summed E-state index contributed by atoms with van der Waals surface area (Å²) in [6, 6.07) is 26.1. The number of fused-ring (bicyclic) bond motifs is 2. The van der Waals surface area contributed by atoms with Gasteiger partial charge in [0.05, 0.1) is 16.3 Å². The minimum Gasteiger partial charge on any atom is -0.289 e. The van der Waals surface area contributed by atoms with Gasteiger partial charge in [-0.05, 0) is 54.6 Å². The highest BCUT2D eigenvalue weighted by Crippen LogP contribution is 2.30. The van der Waals surface area contributed by atoms with Crippen molar-refractivity contribution in [2.75, 3.05) is 4.72 Å². The number of anilines is 1. The lowest BCUT2D eigenvalue weighted by Gasteiger charge is -2.18. The van der Waals surface area contributed by atoms with E-state index in [4.69, 9.17) is 0 Å². The average molecular weight is 468 g/mol. The molecule has 8 heteroatoms. The highest BCUT2D eigenvalue weighted by Gasteiger charge is 2.30. The Labute approximate surface area is 195 Å². The van der Waals surface area contributed by atoms with E-state index in [0.717, 1.165) is 0 Å². The Kier molecular flexibility index (Phi) is 5.35. The molecular weight excluding hydrogens is 450 g/mol. The largest absolute Gasteiger partial charge is 0.289 e. The molecule has 0 aliphatic heterocycles. The van der Waals surface area contributed by atoms with Gasteiger partial charge in [-0.25, -0.2) is 8.42 Å². The maximum Gasteiger partial charge on any atom is 0.261 e. The van der Waals surface area contributed by atoms with Crippen molar-refractivity contribution in [3.05, 3.63) is 119 Å². The molecule has 0 radical (unpaired) electrons. The van der Waals surface area contributed by atoms with Crippen LogP contribution in [0.1, 0.15) is 31.8 Å². The number of hydrogen-bond acceptors (Lipinski definition) is 6. The zero-order valence-electron chi connectivity index (χ0n) is 17.7. The van der Waals surface area contributed by atoms with Crippen LogP contribution in [0.25, 0.3) is 0 Å². The summed E-state index contributed by atoms with van der Waals surface area (Å²) in [6.07, 6.45) is 0. The van der Waals surface area contributed by atoms with Gasteiger partial charge in [0, 0.05) is 27.9 Å². The summed E-state index contributed by atoms with van der Waals surface area (Å²) in [5, 5.41) is 8.26. The summed E-state index contributed by atoms with van der Waals surface area (Å²) in [4.78, 5) is 25.5. The molecule has 7 nitrogen and oxygen atoms in total. The average Bonchev–Trinajstić information content (AvgIpc) is 2.87. The van der Waals surface area contributed by atoms with E-state index in [2.05, 4.69) is 15.0 Å². The van der Waals surface area contributed by atoms with Crippen LogP contribution in [0.5, 0.6) is 0 Å². The van der Waals surface area contributed by atoms with E-state index in [0.29, 0.717) is 22.6 Å². The molecule has 1 aliphatic carbocycles. The van der Waals surface area contributed by atoms with Crippen LogP contribution in [-0.4, -0.2) is 20.0 Å². The molecule has 0 saturated carbocycles. The smallest absolute Gasteiger partial charge is 0.261 e. The van der Waals surface area contributed by atoms with E-state index in [1.54, 1.807) is 48.5 Å². The van der Waals surface area contributed by atoms with Gasteiger partial charge >= 0.3 is 0 Å². The Balaban J connectivity index is 1.38. The Morgan fingerprint density at radius 3 is 1.74 bits per heavy atom. The van der Waals surface area contributed by atoms with Crippen molar-refractivity contribution in [2.24, 2.45) is 10.2 Å². The Morgan fingerprint density at radius 2 is 1.09 bits per heavy atom. The SMILES string of the molecule is O=C1c2ccccc2C(=O)c2cc(S(=O)(=O)Nc3ccc(N=Nc4ccccc4)cc3)ccc21. The van der Waals surface area contributed by atoms with Crippen LogP contribution >= 0.6 is 0 Å². The number of hydrogen-bond donors (Lipinski definition) is 1. The Morgan fingerprint density at radius 1 is 0.559 bits per heavy atom. The van der Waals surface area contributed by atoms with Gasteiger partial charge in [0.1, 0.15) is 0 Å². The molecule has 34 heavy (non-hydrogen) atoms. The molecule has 4 aromatic rings. The molecule has 0 bridgehead atoms. The number of sulfonamides is 1. The molecule has 0 atom stereocenters. The maximum absolute atomic E-state index is 13.0. The maximum atomic E-state index is 13.0. The third-order valence-corrected chi connectivity index (χ3v) is 6.74. The van der Waals surface area contributed by atoms with Crippen molar-refractivity contribution < 1.29 is 18.0 Å². The lowest BCUT2D eigenvalue weighted by atomic mass is 9.84. The van der Waals surface area contributed by atoms with E-state index < -0.39 is 10.0 Å². The fourth-order valence-corrected chi connectivity index (χ4v) is 4.75. The molecule has 1 aliphatic rings. The number of carbonyl (C=O) groups is 2. The first-order valence-corrected chi connectivity index (χ1v) is 11.8. The predicted octanol–water partition coefficient (Wildman–Crippen LogP) is 5.68. The van der Waals surface area contributed by atoms with Crippen molar-refractivity contribution >= 4 is 38.7 Å². The molecule has 4 aromatic carbocycles. The van der Waals surface area contributed by atoms with Crippen LogP contribution in [-0.2, 0) is 10.0 Å². The third-order valence-electron chi connectivity index (χ3n) is 5.36. The first-order valence-electron chi connectivity index (χ1n) is 10.3. The number of azo groups is 1. The summed E-state index contributed by atoms with van der Waals surface area (Å²) >= 11 is 0. The number of benzene rings is 4. The van der Waals surface area contributed by atoms with Gasteiger partial charge < -0.3 is 0 Å². The van der Waals surface area contributed by atoms with Gasteiger partial charge in [0.2, 0.25) is 0 Å². The van der Waals surface area contributed by atoms with E-state index >= 15 is 0 Å². The summed E-state index contributed by atoms with van der Waals surface area (Å²) in [5.41, 5.74) is 2.43.